The Hall–Kier alpha value is -1.42. The largest absolute Gasteiger partial charge is 0.346 e. The summed E-state index contributed by atoms with van der Waals surface area (Å²) in [6, 6.07) is 5.82. The molecule has 0 spiro atoms. The lowest BCUT2D eigenvalue weighted by Gasteiger charge is -2.29. The molecule has 1 atom stereocenters. The number of rotatable bonds is 2. The van der Waals surface area contributed by atoms with Crippen LogP contribution < -0.4 is 5.73 Å². The van der Waals surface area contributed by atoms with Crippen molar-refractivity contribution in [3.8, 4) is 0 Å². The number of carbonyl (C=O) groups excluding carboxylic acids is 1. The standard InChI is InChI=1S/C13H19N3O/c1-16-8-4-6-13(10-14,9-12(16)17)11-5-2-3-7-15-11/h2-3,5,7H,4,6,8-10,14H2,1H3. The fourth-order valence-electron chi connectivity index (χ4n) is 2.47. The average Bonchev–Trinajstić information content (AvgIpc) is 2.51. The van der Waals surface area contributed by atoms with E-state index in [4.69, 9.17) is 5.73 Å². The third-order valence-electron chi connectivity index (χ3n) is 3.66. The Kier molecular flexibility index (Phi) is 3.43. The summed E-state index contributed by atoms with van der Waals surface area (Å²) in [6.45, 7) is 1.29. The van der Waals surface area contributed by atoms with Crippen molar-refractivity contribution in [1.29, 1.82) is 0 Å². The number of nitrogens with two attached hydrogens (primary N) is 1. The molecule has 4 nitrogen and oxygen atoms in total. The van der Waals surface area contributed by atoms with Crippen molar-refractivity contribution in [2.45, 2.75) is 24.7 Å². The maximum absolute atomic E-state index is 12.0. The fraction of sp³-hybridized carbons (Fsp3) is 0.538. The quantitative estimate of drug-likeness (QED) is 0.826. The minimum atomic E-state index is -0.275. The minimum Gasteiger partial charge on any atom is -0.346 e. The number of pyridine rings is 1. The first kappa shape index (κ1) is 12.0. The second kappa shape index (κ2) is 4.84. The molecule has 0 radical (unpaired) electrons. The molecule has 17 heavy (non-hydrogen) atoms. The molecule has 0 saturated carbocycles. The zero-order valence-electron chi connectivity index (χ0n) is 10.2. The van der Waals surface area contributed by atoms with E-state index in [0.29, 0.717) is 13.0 Å². The second-order valence-electron chi connectivity index (χ2n) is 4.80. The van der Waals surface area contributed by atoms with Gasteiger partial charge in [0.1, 0.15) is 0 Å². The molecule has 2 rings (SSSR count). The number of hydrogen-bond donors (Lipinski definition) is 1. The van der Waals surface area contributed by atoms with Crippen LogP contribution in [-0.4, -0.2) is 35.9 Å². The summed E-state index contributed by atoms with van der Waals surface area (Å²) in [5, 5.41) is 0. The highest BCUT2D eigenvalue weighted by Crippen LogP contribution is 2.33. The van der Waals surface area contributed by atoms with E-state index in [1.807, 2.05) is 25.2 Å². The van der Waals surface area contributed by atoms with Gasteiger partial charge in [-0.2, -0.15) is 0 Å². The molecular weight excluding hydrogens is 214 g/mol. The zero-order valence-corrected chi connectivity index (χ0v) is 10.2. The lowest BCUT2D eigenvalue weighted by atomic mass is 9.77. The van der Waals surface area contributed by atoms with E-state index in [2.05, 4.69) is 4.98 Å². The first-order valence-corrected chi connectivity index (χ1v) is 6.03. The van der Waals surface area contributed by atoms with Crippen LogP contribution in [-0.2, 0) is 10.2 Å². The third-order valence-corrected chi connectivity index (χ3v) is 3.66. The number of likely N-dealkylation sites (tertiary alicyclic amines) is 1. The predicted molar refractivity (Wildman–Crippen MR) is 66.5 cm³/mol. The van der Waals surface area contributed by atoms with Crippen LogP contribution in [0.25, 0.3) is 0 Å². The van der Waals surface area contributed by atoms with Crippen molar-refractivity contribution in [3.05, 3.63) is 30.1 Å². The van der Waals surface area contributed by atoms with E-state index in [0.717, 1.165) is 25.1 Å². The van der Waals surface area contributed by atoms with E-state index in [9.17, 15) is 4.79 Å². The Bertz CT molecular complexity index is 393. The number of carbonyl (C=O) groups is 1. The predicted octanol–water partition coefficient (Wildman–Crippen LogP) is 0.920. The van der Waals surface area contributed by atoms with Crippen LogP contribution in [0.1, 0.15) is 25.0 Å². The summed E-state index contributed by atoms with van der Waals surface area (Å²) in [5.41, 5.74) is 6.61. The van der Waals surface area contributed by atoms with Crippen molar-refractivity contribution in [3.63, 3.8) is 0 Å². The van der Waals surface area contributed by atoms with Crippen molar-refractivity contribution < 1.29 is 4.79 Å². The second-order valence-corrected chi connectivity index (χ2v) is 4.80. The summed E-state index contributed by atoms with van der Waals surface area (Å²) in [6.07, 6.45) is 4.15. The highest BCUT2D eigenvalue weighted by molar-refractivity contribution is 5.78. The SMILES string of the molecule is CN1CCCC(CN)(c2ccccn2)CC1=O. The smallest absolute Gasteiger partial charge is 0.223 e. The summed E-state index contributed by atoms with van der Waals surface area (Å²) in [7, 11) is 1.85. The lowest BCUT2D eigenvalue weighted by molar-refractivity contribution is -0.130. The van der Waals surface area contributed by atoms with Gasteiger partial charge in [0.05, 0.1) is 0 Å². The van der Waals surface area contributed by atoms with Crippen LogP contribution in [0.4, 0.5) is 0 Å². The maximum atomic E-state index is 12.0. The van der Waals surface area contributed by atoms with Gasteiger partial charge >= 0.3 is 0 Å². The monoisotopic (exact) mass is 233 g/mol. The Morgan fingerprint density at radius 3 is 3.00 bits per heavy atom. The Balaban J connectivity index is 2.34. The Morgan fingerprint density at radius 2 is 2.35 bits per heavy atom. The molecule has 1 aliphatic heterocycles. The van der Waals surface area contributed by atoms with Gasteiger partial charge in [0.2, 0.25) is 5.91 Å². The fourth-order valence-corrected chi connectivity index (χ4v) is 2.47. The van der Waals surface area contributed by atoms with Gasteiger partial charge in [-0.25, -0.2) is 0 Å². The summed E-state index contributed by atoms with van der Waals surface area (Å²) in [4.78, 5) is 18.2. The van der Waals surface area contributed by atoms with Crippen LogP contribution >= 0.6 is 0 Å². The summed E-state index contributed by atoms with van der Waals surface area (Å²) in [5.74, 6) is 0.165. The van der Waals surface area contributed by atoms with Gasteiger partial charge in [0.25, 0.3) is 0 Å². The molecule has 0 aliphatic carbocycles. The van der Waals surface area contributed by atoms with E-state index in [1.54, 1.807) is 11.1 Å². The van der Waals surface area contributed by atoms with Gasteiger partial charge in [-0.05, 0) is 25.0 Å². The zero-order chi connectivity index (χ0) is 12.3. The van der Waals surface area contributed by atoms with Crippen LogP contribution in [0.5, 0.6) is 0 Å². The van der Waals surface area contributed by atoms with E-state index in [-0.39, 0.29) is 11.3 Å². The molecule has 1 aromatic rings. The molecular formula is C13H19N3O. The van der Waals surface area contributed by atoms with Crippen LogP contribution in [0.15, 0.2) is 24.4 Å². The number of hydrogen-bond acceptors (Lipinski definition) is 3. The van der Waals surface area contributed by atoms with E-state index >= 15 is 0 Å². The lowest BCUT2D eigenvalue weighted by Crippen LogP contribution is -2.39. The van der Waals surface area contributed by atoms with Gasteiger partial charge in [-0.3, -0.25) is 9.78 Å². The van der Waals surface area contributed by atoms with Crippen molar-refractivity contribution >= 4 is 5.91 Å². The molecule has 1 aromatic heterocycles. The van der Waals surface area contributed by atoms with Crippen LogP contribution in [0.3, 0.4) is 0 Å². The molecule has 1 amide bonds. The molecule has 2 N–H and O–H groups in total. The van der Waals surface area contributed by atoms with Crippen LogP contribution in [0.2, 0.25) is 0 Å². The number of nitrogens with zero attached hydrogens (tertiary/aromatic N) is 2. The van der Waals surface area contributed by atoms with E-state index < -0.39 is 0 Å². The average molecular weight is 233 g/mol. The summed E-state index contributed by atoms with van der Waals surface area (Å²) < 4.78 is 0. The van der Waals surface area contributed by atoms with Gasteiger partial charge < -0.3 is 10.6 Å². The molecule has 1 unspecified atom stereocenters. The molecule has 92 valence electrons. The molecule has 2 heterocycles. The molecule has 0 bridgehead atoms. The van der Waals surface area contributed by atoms with Crippen molar-refractivity contribution in [2.24, 2.45) is 5.73 Å². The number of aromatic nitrogens is 1. The van der Waals surface area contributed by atoms with Gasteiger partial charge in [-0.1, -0.05) is 6.07 Å². The molecule has 4 heteroatoms. The summed E-state index contributed by atoms with van der Waals surface area (Å²) >= 11 is 0. The van der Waals surface area contributed by atoms with Gasteiger partial charge in [-0.15, -0.1) is 0 Å². The maximum Gasteiger partial charge on any atom is 0.223 e. The first-order valence-electron chi connectivity index (χ1n) is 6.03. The first-order chi connectivity index (χ1) is 8.18. The minimum absolute atomic E-state index is 0.165. The third kappa shape index (κ3) is 2.31. The van der Waals surface area contributed by atoms with Crippen molar-refractivity contribution in [2.75, 3.05) is 20.1 Å². The normalized spacial score (nSPS) is 25.8. The van der Waals surface area contributed by atoms with Gasteiger partial charge in [0.15, 0.2) is 0 Å². The molecule has 1 aliphatic rings. The van der Waals surface area contributed by atoms with Crippen LogP contribution in [0, 0.1) is 0 Å². The Labute approximate surface area is 102 Å². The highest BCUT2D eigenvalue weighted by atomic mass is 16.2. The Morgan fingerprint density at radius 1 is 1.53 bits per heavy atom. The van der Waals surface area contributed by atoms with E-state index in [1.165, 1.54) is 0 Å². The van der Waals surface area contributed by atoms with Crippen molar-refractivity contribution in [1.82, 2.24) is 9.88 Å². The molecule has 1 fully saturated rings. The topological polar surface area (TPSA) is 59.2 Å². The van der Waals surface area contributed by atoms with Gasteiger partial charge in [0, 0.05) is 43.9 Å². The molecule has 1 saturated heterocycles. The highest BCUT2D eigenvalue weighted by Gasteiger charge is 2.37. The molecule has 0 aromatic carbocycles. The number of amides is 1.